The van der Waals surface area contributed by atoms with E-state index in [1.807, 2.05) is 79.7 Å². The van der Waals surface area contributed by atoms with Crippen LogP contribution in [-0.2, 0) is 4.79 Å². The molecule has 1 heterocycles. The number of nitrogens with one attached hydrogen (secondary N) is 1. The number of carbonyl (C=O) groups excluding carboxylic acids is 1. The molecule has 0 fully saturated rings. The normalized spacial score (nSPS) is 10.7. The molecule has 0 saturated carbocycles. The Bertz CT molecular complexity index is 1180. The van der Waals surface area contributed by atoms with Gasteiger partial charge in [-0.25, -0.2) is 9.97 Å². The molecule has 150 valence electrons. The van der Waals surface area contributed by atoms with Gasteiger partial charge in [-0.15, -0.1) is 0 Å². The third-order valence-electron chi connectivity index (χ3n) is 4.58. The van der Waals surface area contributed by atoms with Crippen molar-refractivity contribution in [3.8, 4) is 17.1 Å². The Hall–Kier alpha value is -3.38. The summed E-state index contributed by atoms with van der Waals surface area (Å²) in [5, 5.41) is 4.54. The van der Waals surface area contributed by atoms with E-state index in [0.717, 1.165) is 32.7 Å². The standard InChI is InChI=1S/C24H21N3O2S/c1-16-11-13-18(14-12-16)25-21(28)15-30-24-19-9-6-10-20(29-2)22(19)26-23(27-24)17-7-4-3-5-8-17/h3-14H,15H2,1-2H3,(H,25,28). The van der Waals surface area contributed by atoms with Crippen LogP contribution in [-0.4, -0.2) is 28.7 Å². The highest BCUT2D eigenvalue weighted by Gasteiger charge is 2.14. The molecule has 3 aromatic carbocycles. The van der Waals surface area contributed by atoms with Crippen molar-refractivity contribution >= 4 is 34.3 Å². The minimum absolute atomic E-state index is 0.0835. The minimum Gasteiger partial charge on any atom is -0.494 e. The smallest absolute Gasteiger partial charge is 0.234 e. The predicted molar refractivity (Wildman–Crippen MR) is 122 cm³/mol. The third kappa shape index (κ3) is 4.44. The molecule has 0 bridgehead atoms. The van der Waals surface area contributed by atoms with E-state index >= 15 is 0 Å². The minimum atomic E-state index is -0.0835. The summed E-state index contributed by atoms with van der Waals surface area (Å²) >= 11 is 1.39. The van der Waals surface area contributed by atoms with Gasteiger partial charge in [0.1, 0.15) is 16.3 Å². The molecule has 0 atom stereocenters. The lowest BCUT2D eigenvalue weighted by atomic mass is 10.2. The van der Waals surface area contributed by atoms with Crippen LogP contribution in [0.3, 0.4) is 0 Å². The van der Waals surface area contributed by atoms with Gasteiger partial charge in [0.25, 0.3) is 0 Å². The number of nitrogens with zero attached hydrogens (tertiary/aromatic N) is 2. The quantitative estimate of drug-likeness (QED) is 0.340. The highest BCUT2D eigenvalue weighted by molar-refractivity contribution is 8.00. The second-order valence-electron chi connectivity index (χ2n) is 6.78. The Morgan fingerprint density at radius 1 is 0.967 bits per heavy atom. The summed E-state index contributed by atoms with van der Waals surface area (Å²) < 4.78 is 5.51. The average molecular weight is 416 g/mol. The van der Waals surface area contributed by atoms with E-state index in [4.69, 9.17) is 14.7 Å². The molecule has 4 aromatic rings. The molecule has 0 saturated heterocycles. The summed E-state index contributed by atoms with van der Waals surface area (Å²) in [5.41, 5.74) is 3.58. The van der Waals surface area contributed by atoms with Gasteiger partial charge in [-0.05, 0) is 31.2 Å². The molecule has 6 heteroatoms. The summed E-state index contributed by atoms with van der Waals surface area (Å²) in [6.45, 7) is 2.01. The summed E-state index contributed by atoms with van der Waals surface area (Å²) in [6.07, 6.45) is 0. The summed E-state index contributed by atoms with van der Waals surface area (Å²) in [4.78, 5) is 22.0. The zero-order valence-electron chi connectivity index (χ0n) is 16.8. The number of fused-ring (bicyclic) bond motifs is 1. The number of thioether (sulfide) groups is 1. The van der Waals surface area contributed by atoms with Crippen molar-refractivity contribution in [2.24, 2.45) is 0 Å². The molecule has 0 aliphatic carbocycles. The summed E-state index contributed by atoms with van der Waals surface area (Å²) in [6, 6.07) is 23.3. The Kier molecular flexibility index (Phi) is 5.95. The Morgan fingerprint density at radius 3 is 2.47 bits per heavy atom. The first-order chi connectivity index (χ1) is 14.6. The number of anilines is 1. The number of hydrogen-bond acceptors (Lipinski definition) is 5. The van der Waals surface area contributed by atoms with Crippen molar-refractivity contribution in [2.45, 2.75) is 11.9 Å². The van der Waals surface area contributed by atoms with Crippen LogP contribution in [0.25, 0.3) is 22.3 Å². The molecule has 0 unspecified atom stereocenters. The number of benzene rings is 3. The van der Waals surface area contributed by atoms with Gasteiger partial charge >= 0.3 is 0 Å². The van der Waals surface area contributed by atoms with Gasteiger partial charge in [-0.1, -0.05) is 65.9 Å². The molecule has 1 amide bonds. The van der Waals surface area contributed by atoms with E-state index in [2.05, 4.69) is 5.32 Å². The monoisotopic (exact) mass is 415 g/mol. The maximum Gasteiger partial charge on any atom is 0.234 e. The van der Waals surface area contributed by atoms with Crippen LogP contribution in [0.1, 0.15) is 5.56 Å². The largest absolute Gasteiger partial charge is 0.494 e. The highest BCUT2D eigenvalue weighted by Crippen LogP contribution is 2.33. The number of carbonyl (C=O) groups is 1. The van der Waals surface area contributed by atoms with Crippen LogP contribution in [0.4, 0.5) is 5.69 Å². The number of aromatic nitrogens is 2. The van der Waals surface area contributed by atoms with E-state index in [-0.39, 0.29) is 11.7 Å². The summed E-state index contributed by atoms with van der Waals surface area (Å²) in [7, 11) is 1.63. The molecule has 1 aromatic heterocycles. The van der Waals surface area contributed by atoms with E-state index < -0.39 is 0 Å². The van der Waals surface area contributed by atoms with Gasteiger partial charge in [-0.3, -0.25) is 4.79 Å². The highest BCUT2D eigenvalue weighted by atomic mass is 32.2. The molecule has 0 radical (unpaired) electrons. The first kappa shape index (κ1) is 19.9. The molecular formula is C24H21N3O2S. The van der Waals surface area contributed by atoms with Crippen molar-refractivity contribution in [2.75, 3.05) is 18.2 Å². The van der Waals surface area contributed by atoms with E-state index in [9.17, 15) is 4.79 Å². The van der Waals surface area contributed by atoms with Crippen molar-refractivity contribution in [1.82, 2.24) is 9.97 Å². The zero-order chi connectivity index (χ0) is 20.9. The molecule has 0 aliphatic rings. The first-order valence-electron chi connectivity index (χ1n) is 9.53. The van der Waals surface area contributed by atoms with Crippen molar-refractivity contribution in [3.63, 3.8) is 0 Å². The number of ether oxygens (including phenoxy) is 1. The Balaban J connectivity index is 1.63. The molecule has 30 heavy (non-hydrogen) atoms. The molecule has 4 rings (SSSR count). The Morgan fingerprint density at radius 2 is 1.73 bits per heavy atom. The molecular weight excluding hydrogens is 394 g/mol. The number of methoxy groups -OCH3 is 1. The van der Waals surface area contributed by atoms with E-state index in [1.54, 1.807) is 7.11 Å². The fourth-order valence-corrected chi connectivity index (χ4v) is 3.87. The van der Waals surface area contributed by atoms with Crippen LogP contribution >= 0.6 is 11.8 Å². The second kappa shape index (κ2) is 8.97. The van der Waals surface area contributed by atoms with Crippen LogP contribution in [0, 0.1) is 6.92 Å². The van der Waals surface area contributed by atoms with Gasteiger partial charge in [0.05, 0.1) is 12.9 Å². The lowest BCUT2D eigenvalue weighted by Gasteiger charge is -2.11. The second-order valence-corrected chi connectivity index (χ2v) is 7.74. The van der Waals surface area contributed by atoms with Crippen molar-refractivity contribution in [3.05, 3.63) is 78.4 Å². The van der Waals surface area contributed by atoms with E-state index in [1.165, 1.54) is 11.8 Å². The first-order valence-corrected chi connectivity index (χ1v) is 10.5. The number of rotatable bonds is 6. The van der Waals surface area contributed by atoms with Crippen LogP contribution in [0.2, 0.25) is 0 Å². The third-order valence-corrected chi connectivity index (χ3v) is 5.57. The van der Waals surface area contributed by atoms with Crippen LogP contribution < -0.4 is 10.1 Å². The molecule has 0 spiro atoms. The fraction of sp³-hybridized carbons (Fsp3) is 0.125. The maximum atomic E-state index is 12.5. The number of para-hydroxylation sites is 1. The predicted octanol–water partition coefficient (Wildman–Crippen LogP) is 5.34. The average Bonchev–Trinajstić information content (AvgIpc) is 2.79. The zero-order valence-corrected chi connectivity index (χ0v) is 17.6. The van der Waals surface area contributed by atoms with Gasteiger partial charge < -0.3 is 10.1 Å². The SMILES string of the molecule is COc1cccc2c(SCC(=O)Nc3ccc(C)cc3)nc(-c3ccccc3)nc12. The lowest BCUT2D eigenvalue weighted by Crippen LogP contribution is -2.14. The van der Waals surface area contributed by atoms with E-state index in [0.29, 0.717) is 11.6 Å². The number of aryl methyl sites for hydroxylation is 1. The molecule has 5 nitrogen and oxygen atoms in total. The van der Waals surface area contributed by atoms with Crippen molar-refractivity contribution < 1.29 is 9.53 Å². The van der Waals surface area contributed by atoms with Gasteiger partial charge in [0.15, 0.2) is 5.82 Å². The number of amides is 1. The van der Waals surface area contributed by atoms with Gasteiger partial charge in [-0.2, -0.15) is 0 Å². The molecule has 1 N–H and O–H groups in total. The Labute approximate surface area is 179 Å². The fourth-order valence-electron chi connectivity index (χ4n) is 3.06. The van der Waals surface area contributed by atoms with Gasteiger partial charge in [0, 0.05) is 16.6 Å². The van der Waals surface area contributed by atoms with Gasteiger partial charge in [0.2, 0.25) is 5.91 Å². The van der Waals surface area contributed by atoms with Crippen LogP contribution in [0.15, 0.2) is 77.8 Å². The lowest BCUT2D eigenvalue weighted by molar-refractivity contribution is -0.113. The maximum absolute atomic E-state index is 12.5. The topological polar surface area (TPSA) is 64.1 Å². The van der Waals surface area contributed by atoms with Crippen LogP contribution in [0.5, 0.6) is 5.75 Å². The summed E-state index contributed by atoms with van der Waals surface area (Å²) in [5.74, 6) is 1.44. The van der Waals surface area contributed by atoms with Crippen molar-refractivity contribution in [1.29, 1.82) is 0 Å². The number of hydrogen-bond donors (Lipinski definition) is 1. The molecule has 0 aliphatic heterocycles.